The predicted molar refractivity (Wildman–Crippen MR) is 129 cm³/mol. The van der Waals surface area contributed by atoms with Gasteiger partial charge in [0.25, 0.3) is 0 Å². The smallest absolute Gasteiger partial charge is 0.244 e. The molecule has 0 N–H and O–H groups in total. The second kappa shape index (κ2) is 9.70. The quantitative estimate of drug-likeness (QED) is 0.542. The number of piperidine rings is 1. The molecule has 8 nitrogen and oxygen atoms in total. The maximum Gasteiger partial charge on any atom is 0.244 e. The van der Waals surface area contributed by atoms with Crippen molar-refractivity contribution in [3.05, 3.63) is 60.0 Å². The third-order valence-electron chi connectivity index (χ3n) is 7.23. The summed E-state index contributed by atoms with van der Waals surface area (Å²) in [5.74, 6) is 2.89. The largest absolute Gasteiger partial charge is 0.486 e. The highest BCUT2D eigenvalue weighted by Gasteiger charge is 2.35. The van der Waals surface area contributed by atoms with E-state index in [1.165, 1.54) is 0 Å². The summed E-state index contributed by atoms with van der Waals surface area (Å²) in [6, 6.07) is 15.9. The van der Waals surface area contributed by atoms with Crippen LogP contribution in [0.5, 0.6) is 11.5 Å². The van der Waals surface area contributed by atoms with Crippen molar-refractivity contribution in [3.63, 3.8) is 0 Å². The zero-order valence-electron chi connectivity index (χ0n) is 19.8. The molecule has 1 aromatic heterocycles. The van der Waals surface area contributed by atoms with Gasteiger partial charge in [0, 0.05) is 12.1 Å². The van der Waals surface area contributed by atoms with E-state index in [0.29, 0.717) is 31.5 Å². The maximum atomic E-state index is 13.6. The number of benzene rings is 2. The highest BCUT2D eigenvalue weighted by molar-refractivity contribution is 5.79. The van der Waals surface area contributed by atoms with Gasteiger partial charge >= 0.3 is 0 Å². The Kier molecular flexibility index (Phi) is 6.12. The van der Waals surface area contributed by atoms with Gasteiger partial charge < -0.3 is 18.9 Å². The summed E-state index contributed by atoms with van der Waals surface area (Å²) in [5, 5.41) is 4.21. The van der Waals surface area contributed by atoms with E-state index in [-0.39, 0.29) is 18.0 Å². The highest BCUT2D eigenvalue weighted by atomic mass is 16.6. The molecule has 0 aliphatic carbocycles. The number of likely N-dealkylation sites (tertiary alicyclic amines) is 2. The lowest BCUT2D eigenvalue weighted by molar-refractivity contribution is -0.134. The van der Waals surface area contributed by atoms with Crippen molar-refractivity contribution in [1.82, 2.24) is 19.9 Å². The molecule has 2 atom stereocenters. The molecule has 6 rings (SSSR count). The Morgan fingerprint density at radius 1 is 0.914 bits per heavy atom. The summed E-state index contributed by atoms with van der Waals surface area (Å²) in [7, 11) is 0. The van der Waals surface area contributed by atoms with Gasteiger partial charge in [-0.1, -0.05) is 48.0 Å². The number of fused-ring (bicyclic) bond motifs is 1. The van der Waals surface area contributed by atoms with Gasteiger partial charge in [-0.25, -0.2) is 0 Å². The van der Waals surface area contributed by atoms with Crippen molar-refractivity contribution in [2.75, 3.05) is 32.8 Å². The fourth-order valence-corrected chi connectivity index (χ4v) is 5.48. The van der Waals surface area contributed by atoms with Gasteiger partial charge in [-0.05, 0) is 49.9 Å². The molecular weight excluding hydrogens is 444 g/mol. The van der Waals surface area contributed by atoms with E-state index in [1.54, 1.807) is 0 Å². The topological polar surface area (TPSA) is 80.9 Å². The molecule has 0 spiro atoms. The summed E-state index contributed by atoms with van der Waals surface area (Å²) < 4.78 is 17.1. The minimum absolute atomic E-state index is 0.0343. The molecule has 3 aromatic rings. The molecule has 0 bridgehead atoms. The average molecular weight is 475 g/mol. The maximum absolute atomic E-state index is 13.6. The number of hydrogen-bond donors (Lipinski definition) is 0. The van der Waals surface area contributed by atoms with Gasteiger partial charge in [0.05, 0.1) is 18.6 Å². The molecule has 2 unspecified atom stereocenters. The zero-order chi connectivity index (χ0) is 23.6. The van der Waals surface area contributed by atoms with Crippen LogP contribution in [0, 0.1) is 0 Å². The molecule has 1 amide bonds. The van der Waals surface area contributed by atoms with Crippen molar-refractivity contribution in [3.8, 4) is 22.9 Å². The number of carbonyl (C=O) groups is 1. The first-order chi connectivity index (χ1) is 17.3. The van der Waals surface area contributed by atoms with E-state index >= 15 is 0 Å². The molecular formula is C27H30N4O4. The van der Waals surface area contributed by atoms with Gasteiger partial charge in [0.1, 0.15) is 13.2 Å². The summed E-state index contributed by atoms with van der Waals surface area (Å²) in [5.41, 5.74) is 2.04. The Balaban J connectivity index is 1.17. The average Bonchev–Trinajstić information content (AvgIpc) is 3.60. The van der Waals surface area contributed by atoms with E-state index in [1.807, 2.05) is 47.4 Å². The Hall–Kier alpha value is -3.39. The first kappa shape index (κ1) is 22.1. The van der Waals surface area contributed by atoms with E-state index in [9.17, 15) is 4.79 Å². The lowest BCUT2D eigenvalue weighted by atomic mass is 10.0. The number of ether oxygens (including phenoxy) is 2. The van der Waals surface area contributed by atoms with Crippen molar-refractivity contribution in [2.24, 2.45) is 0 Å². The molecule has 2 aromatic carbocycles. The summed E-state index contributed by atoms with van der Waals surface area (Å²) >= 11 is 0. The van der Waals surface area contributed by atoms with Crippen LogP contribution in [0.25, 0.3) is 11.4 Å². The molecule has 8 heteroatoms. The van der Waals surface area contributed by atoms with Crippen LogP contribution < -0.4 is 9.47 Å². The van der Waals surface area contributed by atoms with Gasteiger partial charge in [0.2, 0.25) is 17.6 Å². The Morgan fingerprint density at radius 3 is 2.63 bits per heavy atom. The van der Waals surface area contributed by atoms with Crippen LogP contribution in [-0.2, 0) is 4.79 Å². The Labute approximate surface area is 204 Å². The molecule has 0 radical (unpaired) electrons. The monoisotopic (exact) mass is 474 g/mol. The minimum atomic E-state index is -0.0343. The second-order valence-electron chi connectivity index (χ2n) is 9.45. The van der Waals surface area contributed by atoms with E-state index in [4.69, 9.17) is 19.0 Å². The van der Waals surface area contributed by atoms with Crippen LogP contribution in [0.15, 0.2) is 53.1 Å². The van der Waals surface area contributed by atoms with Crippen LogP contribution >= 0.6 is 0 Å². The van der Waals surface area contributed by atoms with Gasteiger partial charge in [-0.2, -0.15) is 4.98 Å². The third-order valence-corrected chi connectivity index (χ3v) is 7.23. The first-order valence-corrected chi connectivity index (χ1v) is 12.6. The van der Waals surface area contributed by atoms with Crippen LogP contribution in [0.4, 0.5) is 0 Å². The number of rotatable bonds is 5. The highest BCUT2D eigenvalue weighted by Crippen LogP contribution is 2.39. The molecule has 4 heterocycles. The molecule has 3 aliphatic rings. The summed E-state index contributed by atoms with van der Waals surface area (Å²) in [6.07, 6.45) is 5.02. The van der Waals surface area contributed by atoms with Gasteiger partial charge in [-0.15, -0.1) is 0 Å². The van der Waals surface area contributed by atoms with Crippen LogP contribution in [0.2, 0.25) is 0 Å². The summed E-state index contributed by atoms with van der Waals surface area (Å²) in [6.45, 7) is 3.11. The number of amides is 1. The van der Waals surface area contributed by atoms with Gasteiger partial charge in [0.15, 0.2) is 11.5 Å². The number of aromatic nitrogens is 2. The van der Waals surface area contributed by atoms with Crippen LogP contribution in [-0.4, -0.2) is 58.7 Å². The van der Waals surface area contributed by atoms with Gasteiger partial charge in [-0.3, -0.25) is 9.69 Å². The summed E-state index contributed by atoms with van der Waals surface area (Å²) in [4.78, 5) is 22.5. The van der Waals surface area contributed by atoms with Crippen molar-refractivity contribution >= 4 is 5.91 Å². The van der Waals surface area contributed by atoms with E-state index in [0.717, 1.165) is 67.8 Å². The lowest BCUT2D eigenvalue weighted by Crippen LogP contribution is -2.43. The van der Waals surface area contributed by atoms with Crippen molar-refractivity contribution in [2.45, 2.75) is 44.2 Å². The molecule has 35 heavy (non-hydrogen) atoms. The molecule has 2 saturated heterocycles. The lowest BCUT2D eigenvalue weighted by Gasteiger charge is -2.35. The molecule has 182 valence electrons. The number of hydrogen-bond acceptors (Lipinski definition) is 7. The van der Waals surface area contributed by atoms with E-state index < -0.39 is 0 Å². The van der Waals surface area contributed by atoms with Crippen LogP contribution in [0.3, 0.4) is 0 Å². The SMILES string of the molecule is O=C(CN1CCCCC1c1nc(-c2ccccc2)no1)N1CCCC1c1ccc2c(c1)OCCO2. The van der Waals surface area contributed by atoms with E-state index in [2.05, 4.69) is 16.1 Å². The minimum Gasteiger partial charge on any atom is -0.486 e. The number of nitrogens with zero attached hydrogens (tertiary/aromatic N) is 4. The second-order valence-corrected chi connectivity index (χ2v) is 9.45. The van der Waals surface area contributed by atoms with Crippen molar-refractivity contribution < 1.29 is 18.8 Å². The molecule has 3 aliphatic heterocycles. The predicted octanol–water partition coefficient (Wildman–Crippen LogP) is 4.40. The first-order valence-electron chi connectivity index (χ1n) is 12.6. The third kappa shape index (κ3) is 4.50. The van der Waals surface area contributed by atoms with Crippen molar-refractivity contribution in [1.29, 1.82) is 0 Å². The Morgan fingerprint density at radius 2 is 1.74 bits per heavy atom. The fourth-order valence-electron chi connectivity index (χ4n) is 5.48. The van der Waals surface area contributed by atoms with Crippen LogP contribution in [0.1, 0.15) is 55.6 Å². The standard InChI is InChI=1S/C27H30N4O4/c32-25(31-14-6-10-21(31)20-11-12-23-24(17-20)34-16-15-33-23)18-30-13-5-4-9-22(30)27-28-26(29-35-27)19-7-2-1-3-8-19/h1-3,7-8,11-12,17,21-22H,4-6,9-10,13-16,18H2. The zero-order valence-corrected chi connectivity index (χ0v) is 19.8. The fraction of sp³-hybridized carbons (Fsp3) is 0.444. The Bertz CT molecular complexity index is 1180. The normalized spacial score (nSPS) is 22.3. The molecule has 2 fully saturated rings. The number of carbonyl (C=O) groups excluding carboxylic acids is 1. The molecule has 0 saturated carbocycles.